The minimum absolute atomic E-state index is 0.00292. The van der Waals surface area contributed by atoms with Crippen LogP contribution in [0, 0.1) is 0 Å². The molecule has 2 N–H and O–H groups in total. The quantitative estimate of drug-likeness (QED) is 0.654. The monoisotopic (exact) mass is 256 g/mol. The molecule has 0 aromatic rings. The third kappa shape index (κ3) is 5.46. The Morgan fingerprint density at radius 2 is 2.11 bits per heavy atom. The van der Waals surface area contributed by atoms with E-state index in [1.54, 1.807) is 7.05 Å². The van der Waals surface area contributed by atoms with E-state index in [4.69, 9.17) is 0 Å². The molecule has 0 radical (unpaired) electrons. The Morgan fingerprint density at radius 3 is 2.83 bits per heavy atom. The first-order valence-corrected chi connectivity index (χ1v) is 6.57. The molecule has 1 aliphatic heterocycles. The highest BCUT2D eigenvalue weighted by Gasteiger charge is 2.17. The summed E-state index contributed by atoms with van der Waals surface area (Å²) >= 11 is 0. The third-order valence-corrected chi connectivity index (χ3v) is 2.97. The van der Waals surface area contributed by atoms with Crippen LogP contribution >= 0.6 is 0 Å². The van der Waals surface area contributed by atoms with E-state index in [1.807, 2.05) is 6.92 Å². The molecule has 1 aliphatic rings. The molecule has 1 fully saturated rings. The van der Waals surface area contributed by atoms with Gasteiger partial charge in [0.2, 0.25) is 11.8 Å². The van der Waals surface area contributed by atoms with Crippen LogP contribution in [-0.4, -0.2) is 74.5 Å². The molecule has 1 rings (SSSR count). The lowest BCUT2D eigenvalue weighted by atomic mass is 10.3. The number of likely N-dealkylation sites (N-methyl/N-ethyl adjacent to an activating group) is 2. The van der Waals surface area contributed by atoms with Crippen molar-refractivity contribution in [3.05, 3.63) is 0 Å². The first-order valence-electron chi connectivity index (χ1n) is 6.57. The van der Waals surface area contributed by atoms with Gasteiger partial charge in [0.05, 0.1) is 13.1 Å². The maximum absolute atomic E-state index is 11.9. The predicted octanol–water partition coefficient (Wildman–Crippen LogP) is -1.12. The lowest BCUT2D eigenvalue weighted by Crippen LogP contribution is -2.43. The summed E-state index contributed by atoms with van der Waals surface area (Å²) in [4.78, 5) is 26.9. The van der Waals surface area contributed by atoms with Crippen molar-refractivity contribution in [1.29, 1.82) is 0 Å². The van der Waals surface area contributed by atoms with Gasteiger partial charge in [0.25, 0.3) is 0 Å². The largest absolute Gasteiger partial charge is 0.355 e. The molecule has 2 amide bonds. The first kappa shape index (κ1) is 14.9. The van der Waals surface area contributed by atoms with Gasteiger partial charge in [-0.15, -0.1) is 0 Å². The summed E-state index contributed by atoms with van der Waals surface area (Å²) < 4.78 is 0. The van der Waals surface area contributed by atoms with Gasteiger partial charge >= 0.3 is 0 Å². The molecule has 0 aromatic heterocycles. The second-order valence-corrected chi connectivity index (χ2v) is 4.58. The molecule has 104 valence electrons. The number of nitrogens with one attached hydrogen (secondary N) is 2. The summed E-state index contributed by atoms with van der Waals surface area (Å²) in [5.41, 5.74) is 0. The van der Waals surface area contributed by atoms with E-state index in [-0.39, 0.29) is 18.4 Å². The minimum Gasteiger partial charge on any atom is -0.355 e. The Balaban J connectivity index is 2.31. The second kappa shape index (κ2) is 8.05. The van der Waals surface area contributed by atoms with Crippen LogP contribution < -0.4 is 10.6 Å². The molecule has 0 bridgehead atoms. The van der Waals surface area contributed by atoms with Crippen molar-refractivity contribution in [3.63, 3.8) is 0 Å². The van der Waals surface area contributed by atoms with Crippen molar-refractivity contribution < 1.29 is 9.59 Å². The zero-order valence-electron chi connectivity index (χ0n) is 11.4. The molecule has 1 saturated heterocycles. The van der Waals surface area contributed by atoms with Gasteiger partial charge in [0.15, 0.2) is 0 Å². The summed E-state index contributed by atoms with van der Waals surface area (Å²) in [7, 11) is 1.67. The lowest BCUT2D eigenvalue weighted by molar-refractivity contribution is -0.135. The summed E-state index contributed by atoms with van der Waals surface area (Å²) in [6.45, 7) is 6.76. The highest BCUT2D eigenvalue weighted by molar-refractivity contribution is 5.85. The van der Waals surface area contributed by atoms with E-state index in [2.05, 4.69) is 15.5 Å². The molecule has 0 spiro atoms. The molecule has 0 aromatic carbocycles. The van der Waals surface area contributed by atoms with E-state index >= 15 is 0 Å². The van der Waals surface area contributed by atoms with Crippen LogP contribution in [0.15, 0.2) is 0 Å². The Kier molecular flexibility index (Phi) is 6.67. The SMILES string of the molecule is CCNC(=O)CN(C)C(=O)CN1CCCNCC1. The average Bonchev–Trinajstić information content (AvgIpc) is 2.57. The van der Waals surface area contributed by atoms with Crippen LogP contribution in [-0.2, 0) is 9.59 Å². The zero-order chi connectivity index (χ0) is 13.4. The number of amides is 2. The van der Waals surface area contributed by atoms with Gasteiger partial charge in [-0.05, 0) is 26.4 Å². The number of carbonyl (C=O) groups excluding carboxylic acids is 2. The molecule has 0 aliphatic carbocycles. The van der Waals surface area contributed by atoms with E-state index < -0.39 is 0 Å². The molecule has 6 heteroatoms. The fraction of sp³-hybridized carbons (Fsp3) is 0.833. The highest BCUT2D eigenvalue weighted by atomic mass is 16.2. The number of nitrogens with zero attached hydrogens (tertiary/aromatic N) is 2. The topological polar surface area (TPSA) is 64.7 Å². The van der Waals surface area contributed by atoms with E-state index in [0.29, 0.717) is 13.1 Å². The fourth-order valence-electron chi connectivity index (χ4n) is 1.93. The van der Waals surface area contributed by atoms with Crippen LogP contribution in [0.4, 0.5) is 0 Å². The first-order chi connectivity index (χ1) is 8.63. The van der Waals surface area contributed by atoms with Crippen molar-refractivity contribution in [2.24, 2.45) is 0 Å². The molecule has 0 unspecified atom stereocenters. The average molecular weight is 256 g/mol. The number of hydrogen-bond donors (Lipinski definition) is 2. The van der Waals surface area contributed by atoms with Crippen molar-refractivity contribution >= 4 is 11.8 Å². The minimum atomic E-state index is -0.106. The lowest BCUT2D eigenvalue weighted by Gasteiger charge is -2.23. The Morgan fingerprint density at radius 1 is 1.33 bits per heavy atom. The number of carbonyl (C=O) groups is 2. The summed E-state index contributed by atoms with van der Waals surface area (Å²) in [5.74, 6) is -0.103. The molecule has 6 nitrogen and oxygen atoms in total. The smallest absolute Gasteiger partial charge is 0.239 e. The van der Waals surface area contributed by atoms with Gasteiger partial charge in [0, 0.05) is 26.7 Å². The van der Waals surface area contributed by atoms with Crippen LogP contribution in [0.1, 0.15) is 13.3 Å². The predicted molar refractivity (Wildman–Crippen MR) is 70.2 cm³/mol. The van der Waals surface area contributed by atoms with Gasteiger partial charge < -0.3 is 15.5 Å². The summed E-state index contributed by atoms with van der Waals surface area (Å²) in [6, 6.07) is 0. The van der Waals surface area contributed by atoms with Gasteiger partial charge in [0.1, 0.15) is 0 Å². The standard InChI is InChI=1S/C12H24N4O2/c1-3-14-11(17)9-15(2)12(18)10-16-7-4-5-13-6-8-16/h13H,3-10H2,1-2H3,(H,14,17). The van der Waals surface area contributed by atoms with Crippen LogP contribution in [0.3, 0.4) is 0 Å². The zero-order valence-corrected chi connectivity index (χ0v) is 11.4. The Bertz CT molecular complexity index is 275. The third-order valence-electron chi connectivity index (χ3n) is 2.97. The fourth-order valence-corrected chi connectivity index (χ4v) is 1.93. The normalized spacial score (nSPS) is 17.0. The highest BCUT2D eigenvalue weighted by Crippen LogP contribution is 1.97. The molecular formula is C12H24N4O2. The molecule has 0 saturated carbocycles. The van der Waals surface area contributed by atoms with Gasteiger partial charge in [-0.3, -0.25) is 14.5 Å². The van der Waals surface area contributed by atoms with Crippen molar-refractivity contribution in [3.8, 4) is 0 Å². The van der Waals surface area contributed by atoms with E-state index in [1.165, 1.54) is 4.90 Å². The summed E-state index contributed by atoms with van der Waals surface area (Å²) in [5, 5.41) is 5.99. The van der Waals surface area contributed by atoms with Crippen molar-refractivity contribution in [2.45, 2.75) is 13.3 Å². The van der Waals surface area contributed by atoms with E-state index in [0.717, 1.165) is 32.6 Å². The van der Waals surface area contributed by atoms with Crippen molar-refractivity contribution in [2.75, 3.05) is 52.9 Å². The van der Waals surface area contributed by atoms with Crippen LogP contribution in [0.5, 0.6) is 0 Å². The summed E-state index contributed by atoms with van der Waals surface area (Å²) in [6.07, 6.45) is 1.06. The van der Waals surface area contributed by atoms with Gasteiger partial charge in [-0.1, -0.05) is 0 Å². The second-order valence-electron chi connectivity index (χ2n) is 4.58. The molecular weight excluding hydrogens is 232 g/mol. The van der Waals surface area contributed by atoms with Crippen LogP contribution in [0.2, 0.25) is 0 Å². The molecule has 0 atom stereocenters. The molecule has 18 heavy (non-hydrogen) atoms. The van der Waals surface area contributed by atoms with Gasteiger partial charge in [-0.2, -0.15) is 0 Å². The maximum atomic E-state index is 11.9. The Hall–Kier alpha value is -1.14. The van der Waals surface area contributed by atoms with Crippen molar-refractivity contribution in [1.82, 2.24) is 20.4 Å². The number of rotatable bonds is 5. The van der Waals surface area contributed by atoms with Crippen LogP contribution in [0.25, 0.3) is 0 Å². The van der Waals surface area contributed by atoms with Gasteiger partial charge in [-0.25, -0.2) is 0 Å². The van der Waals surface area contributed by atoms with E-state index in [9.17, 15) is 9.59 Å². The Labute approximate surface area is 109 Å². The number of hydrogen-bond acceptors (Lipinski definition) is 4. The maximum Gasteiger partial charge on any atom is 0.239 e. The molecule has 1 heterocycles.